The Kier molecular flexibility index (Phi) is 9.07. The number of rotatable bonds is 1. The molecule has 19 heavy (non-hydrogen) atoms. The Labute approximate surface area is 116 Å². The van der Waals surface area contributed by atoms with Gasteiger partial charge in [-0.05, 0) is 37.1 Å². The number of halogens is 1. The molecule has 2 aromatic carbocycles. The fourth-order valence-electron chi connectivity index (χ4n) is 1.39. The van der Waals surface area contributed by atoms with Gasteiger partial charge >= 0.3 is 0 Å². The minimum Gasteiger partial charge on any atom is -0.207 e. The van der Waals surface area contributed by atoms with Crippen molar-refractivity contribution in [3.05, 3.63) is 72.6 Å². The Morgan fingerprint density at radius 3 is 1.53 bits per heavy atom. The third-order valence-electron chi connectivity index (χ3n) is 2.23. The first-order valence-electron chi connectivity index (χ1n) is 6.57. The first kappa shape index (κ1) is 17.1. The summed E-state index contributed by atoms with van der Waals surface area (Å²) in [5.41, 5.74) is 3.40. The lowest BCUT2D eigenvalue weighted by Crippen LogP contribution is -1.79. The first-order chi connectivity index (χ1) is 9.17. The molecule has 0 heterocycles. The molecule has 0 spiro atoms. The summed E-state index contributed by atoms with van der Waals surface area (Å²) in [5.74, 6) is -0.194. The summed E-state index contributed by atoms with van der Waals surface area (Å²) >= 11 is 0. The number of aryl methyl sites for hydroxylation is 1. The number of hydrogen-bond acceptors (Lipinski definition) is 0. The molecule has 0 aliphatic rings. The van der Waals surface area contributed by atoms with Crippen LogP contribution in [0.1, 0.15) is 26.3 Å². The highest BCUT2D eigenvalue weighted by atomic mass is 19.1. The van der Waals surface area contributed by atoms with Crippen LogP contribution < -0.4 is 0 Å². The number of hydrogen-bond donors (Lipinski definition) is 0. The SMILES string of the molecule is C=CC.CC.Cc1ccc(-c2ccc(F)cc2)cc1. The van der Waals surface area contributed by atoms with E-state index in [0.29, 0.717) is 0 Å². The zero-order valence-corrected chi connectivity index (χ0v) is 12.3. The summed E-state index contributed by atoms with van der Waals surface area (Å²) in [6.45, 7) is 11.3. The normalized spacial score (nSPS) is 8.47. The Balaban J connectivity index is 0.000000573. The molecule has 0 saturated heterocycles. The van der Waals surface area contributed by atoms with Gasteiger partial charge in [0.25, 0.3) is 0 Å². The van der Waals surface area contributed by atoms with E-state index in [1.165, 1.54) is 17.7 Å². The second kappa shape index (κ2) is 10.1. The van der Waals surface area contributed by atoms with Crippen LogP contribution in [-0.4, -0.2) is 0 Å². The maximum atomic E-state index is 12.7. The van der Waals surface area contributed by atoms with Gasteiger partial charge in [-0.25, -0.2) is 4.39 Å². The molecule has 2 rings (SSSR count). The van der Waals surface area contributed by atoms with Crippen molar-refractivity contribution in [1.29, 1.82) is 0 Å². The van der Waals surface area contributed by atoms with Crippen molar-refractivity contribution in [3.63, 3.8) is 0 Å². The van der Waals surface area contributed by atoms with Gasteiger partial charge in [-0.3, -0.25) is 0 Å². The Bertz CT molecular complexity index is 409. The molecule has 0 radical (unpaired) electrons. The maximum absolute atomic E-state index is 12.7. The van der Waals surface area contributed by atoms with Crippen LogP contribution in [-0.2, 0) is 0 Å². The van der Waals surface area contributed by atoms with Crippen LogP contribution in [0.2, 0.25) is 0 Å². The summed E-state index contributed by atoms with van der Waals surface area (Å²) in [6.07, 6.45) is 1.75. The molecule has 102 valence electrons. The van der Waals surface area contributed by atoms with Crippen molar-refractivity contribution in [2.45, 2.75) is 27.7 Å². The van der Waals surface area contributed by atoms with Crippen molar-refractivity contribution < 1.29 is 4.39 Å². The molecule has 0 saturated carbocycles. The monoisotopic (exact) mass is 258 g/mol. The Hall–Kier alpha value is -1.89. The van der Waals surface area contributed by atoms with Crippen LogP contribution in [0.25, 0.3) is 11.1 Å². The molecule has 0 nitrogen and oxygen atoms in total. The average molecular weight is 258 g/mol. The minimum atomic E-state index is -0.194. The van der Waals surface area contributed by atoms with Crippen molar-refractivity contribution >= 4 is 0 Å². The van der Waals surface area contributed by atoms with Gasteiger partial charge in [-0.1, -0.05) is 61.9 Å². The van der Waals surface area contributed by atoms with Crippen LogP contribution in [0.5, 0.6) is 0 Å². The lowest BCUT2D eigenvalue weighted by atomic mass is 10.0. The molecule has 0 atom stereocenters. The summed E-state index contributed by atoms with van der Waals surface area (Å²) in [7, 11) is 0. The number of allylic oxidation sites excluding steroid dienone is 1. The standard InChI is InChI=1S/C13H11F.C3H6.C2H6/c1-10-2-4-11(5-3-10)12-6-8-13(14)9-7-12;1-3-2;1-2/h2-9H,1H3;3H,1H2,2H3;1-2H3. The molecule has 0 N–H and O–H groups in total. The molecular formula is C18H23F. The Morgan fingerprint density at radius 1 is 0.842 bits per heavy atom. The second-order valence-corrected chi connectivity index (χ2v) is 3.78. The van der Waals surface area contributed by atoms with Crippen LogP contribution >= 0.6 is 0 Å². The third kappa shape index (κ3) is 6.56. The summed E-state index contributed by atoms with van der Waals surface area (Å²) in [4.78, 5) is 0. The van der Waals surface area contributed by atoms with E-state index in [4.69, 9.17) is 0 Å². The largest absolute Gasteiger partial charge is 0.207 e. The zero-order chi connectivity index (χ0) is 14.7. The van der Waals surface area contributed by atoms with Crippen molar-refractivity contribution in [2.75, 3.05) is 0 Å². The van der Waals surface area contributed by atoms with Crippen LogP contribution in [0, 0.1) is 12.7 Å². The molecule has 0 fully saturated rings. The fourth-order valence-corrected chi connectivity index (χ4v) is 1.39. The van der Waals surface area contributed by atoms with Gasteiger partial charge in [-0.2, -0.15) is 0 Å². The van der Waals surface area contributed by atoms with Gasteiger partial charge in [0.2, 0.25) is 0 Å². The molecule has 0 aromatic heterocycles. The van der Waals surface area contributed by atoms with Crippen molar-refractivity contribution in [1.82, 2.24) is 0 Å². The summed E-state index contributed by atoms with van der Waals surface area (Å²) in [6, 6.07) is 14.7. The van der Waals surface area contributed by atoms with E-state index in [9.17, 15) is 4.39 Å². The smallest absolute Gasteiger partial charge is 0.123 e. The second-order valence-electron chi connectivity index (χ2n) is 3.78. The maximum Gasteiger partial charge on any atom is 0.123 e. The lowest BCUT2D eigenvalue weighted by molar-refractivity contribution is 0.628. The van der Waals surface area contributed by atoms with Crippen molar-refractivity contribution in [3.8, 4) is 11.1 Å². The predicted octanol–water partition coefficient (Wildman–Crippen LogP) is 6.02. The van der Waals surface area contributed by atoms with Gasteiger partial charge in [-0.15, -0.1) is 6.58 Å². The van der Waals surface area contributed by atoms with Crippen LogP contribution in [0.4, 0.5) is 4.39 Å². The van der Waals surface area contributed by atoms with E-state index in [-0.39, 0.29) is 5.82 Å². The van der Waals surface area contributed by atoms with Crippen molar-refractivity contribution in [2.24, 2.45) is 0 Å². The van der Waals surface area contributed by atoms with E-state index < -0.39 is 0 Å². The van der Waals surface area contributed by atoms with E-state index in [1.807, 2.05) is 32.9 Å². The van der Waals surface area contributed by atoms with Gasteiger partial charge in [0.15, 0.2) is 0 Å². The minimum absolute atomic E-state index is 0.194. The molecule has 2 aromatic rings. The molecular weight excluding hydrogens is 235 g/mol. The van der Waals surface area contributed by atoms with E-state index in [1.54, 1.807) is 18.2 Å². The lowest BCUT2D eigenvalue weighted by Gasteiger charge is -2.01. The van der Waals surface area contributed by atoms with Gasteiger partial charge < -0.3 is 0 Å². The molecule has 0 amide bonds. The van der Waals surface area contributed by atoms with Gasteiger partial charge in [0, 0.05) is 0 Å². The highest BCUT2D eigenvalue weighted by Gasteiger charge is 1.96. The van der Waals surface area contributed by atoms with Gasteiger partial charge in [0.1, 0.15) is 5.82 Å². The van der Waals surface area contributed by atoms with E-state index in [2.05, 4.69) is 25.6 Å². The molecule has 1 heteroatoms. The predicted molar refractivity (Wildman–Crippen MR) is 83.8 cm³/mol. The quantitative estimate of drug-likeness (QED) is 0.549. The van der Waals surface area contributed by atoms with E-state index >= 15 is 0 Å². The van der Waals surface area contributed by atoms with Gasteiger partial charge in [0.05, 0.1) is 0 Å². The highest BCUT2D eigenvalue weighted by Crippen LogP contribution is 2.19. The average Bonchev–Trinajstić information content (AvgIpc) is 2.44. The summed E-state index contributed by atoms with van der Waals surface area (Å²) < 4.78 is 12.7. The number of benzene rings is 2. The Morgan fingerprint density at radius 2 is 1.16 bits per heavy atom. The van der Waals surface area contributed by atoms with E-state index in [0.717, 1.165) is 11.1 Å². The summed E-state index contributed by atoms with van der Waals surface area (Å²) in [5, 5.41) is 0. The first-order valence-corrected chi connectivity index (χ1v) is 6.57. The van der Waals surface area contributed by atoms with Crippen LogP contribution in [0.15, 0.2) is 61.2 Å². The topological polar surface area (TPSA) is 0 Å². The van der Waals surface area contributed by atoms with Crippen LogP contribution in [0.3, 0.4) is 0 Å². The molecule has 0 aliphatic carbocycles. The fraction of sp³-hybridized carbons (Fsp3) is 0.222. The third-order valence-corrected chi connectivity index (χ3v) is 2.23. The highest BCUT2D eigenvalue weighted by molar-refractivity contribution is 5.63. The molecule has 0 aliphatic heterocycles. The molecule has 0 unspecified atom stereocenters. The molecule has 0 bridgehead atoms. The zero-order valence-electron chi connectivity index (χ0n) is 12.3.